The number of nitrogens with two attached hydrogens (primary N) is 1. The van der Waals surface area contributed by atoms with Gasteiger partial charge in [0.1, 0.15) is 5.82 Å². The maximum atomic E-state index is 6.12. The molecule has 2 aromatic rings. The first kappa shape index (κ1) is 13.2. The topological polar surface area (TPSA) is 47.1 Å². The molecule has 106 valence electrons. The Bertz CT molecular complexity index is 582. The summed E-state index contributed by atoms with van der Waals surface area (Å²) in [5, 5.41) is 4.26. The van der Waals surface area contributed by atoms with Crippen LogP contribution in [0.15, 0.2) is 30.5 Å². The third-order valence-corrected chi connectivity index (χ3v) is 4.13. The fourth-order valence-electron chi connectivity index (χ4n) is 2.93. The number of aromatic nitrogens is 2. The first-order chi connectivity index (χ1) is 9.75. The van der Waals surface area contributed by atoms with Crippen molar-refractivity contribution < 1.29 is 0 Å². The molecule has 2 heterocycles. The van der Waals surface area contributed by atoms with Gasteiger partial charge in [-0.1, -0.05) is 30.7 Å². The molecular formula is C16H22N4. The Kier molecular flexibility index (Phi) is 3.74. The van der Waals surface area contributed by atoms with Crippen LogP contribution in [-0.2, 0) is 13.6 Å². The summed E-state index contributed by atoms with van der Waals surface area (Å²) in [6.07, 6.45) is 5.87. The zero-order chi connectivity index (χ0) is 13.9. The third kappa shape index (κ3) is 2.56. The molecule has 4 heteroatoms. The van der Waals surface area contributed by atoms with Crippen molar-refractivity contribution in [2.45, 2.75) is 25.8 Å². The fourth-order valence-corrected chi connectivity index (χ4v) is 2.93. The van der Waals surface area contributed by atoms with Gasteiger partial charge in [0.05, 0.1) is 6.20 Å². The van der Waals surface area contributed by atoms with Crippen molar-refractivity contribution in [3.8, 4) is 11.1 Å². The molecule has 4 nitrogen and oxygen atoms in total. The van der Waals surface area contributed by atoms with E-state index in [0.717, 1.165) is 17.9 Å². The summed E-state index contributed by atoms with van der Waals surface area (Å²) in [7, 11) is 1.88. The van der Waals surface area contributed by atoms with Gasteiger partial charge in [-0.25, -0.2) is 0 Å². The monoisotopic (exact) mass is 270 g/mol. The van der Waals surface area contributed by atoms with Crippen LogP contribution in [0.2, 0.25) is 0 Å². The van der Waals surface area contributed by atoms with E-state index >= 15 is 0 Å². The molecule has 3 rings (SSSR count). The Morgan fingerprint density at radius 2 is 1.85 bits per heavy atom. The van der Waals surface area contributed by atoms with Gasteiger partial charge in [0.15, 0.2) is 0 Å². The van der Waals surface area contributed by atoms with Crippen LogP contribution in [-0.4, -0.2) is 27.8 Å². The highest BCUT2D eigenvalue weighted by Crippen LogP contribution is 2.29. The average molecular weight is 270 g/mol. The molecule has 1 aromatic carbocycles. The number of likely N-dealkylation sites (tertiary alicyclic amines) is 1. The molecule has 0 bridgehead atoms. The second-order valence-corrected chi connectivity index (χ2v) is 5.56. The summed E-state index contributed by atoms with van der Waals surface area (Å²) >= 11 is 0. The van der Waals surface area contributed by atoms with Gasteiger partial charge in [0.25, 0.3) is 0 Å². The molecule has 0 amide bonds. The average Bonchev–Trinajstić information content (AvgIpc) is 2.81. The Morgan fingerprint density at radius 1 is 1.10 bits per heavy atom. The lowest BCUT2D eigenvalue weighted by Crippen LogP contribution is -2.29. The Morgan fingerprint density at radius 3 is 2.55 bits per heavy atom. The first-order valence-corrected chi connectivity index (χ1v) is 7.34. The highest BCUT2D eigenvalue weighted by atomic mass is 15.3. The SMILES string of the molecule is Cn1ncc(-c2ccccc2CN2CCCCC2)c1N. The van der Waals surface area contributed by atoms with Gasteiger partial charge >= 0.3 is 0 Å². The molecule has 0 spiro atoms. The van der Waals surface area contributed by atoms with Crippen LogP contribution in [0.3, 0.4) is 0 Å². The molecule has 1 aromatic heterocycles. The van der Waals surface area contributed by atoms with E-state index in [-0.39, 0.29) is 0 Å². The van der Waals surface area contributed by atoms with Crippen LogP contribution in [0.4, 0.5) is 5.82 Å². The largest absolute Gasteiger partial charge is 0.383 e. The molecule has 0 atom stereocenters. The lowest BCUT2D eigenvalue weighted by atomic mass is 10.0. The van der Waals surface area contributed by atoms with Crippen molar-refractivity contribution in [3.63, 3.8) is 0 Å². The minimum Gasteiger partial charge on any atom is -0.383 e. The summed E-state index contributed by atoms with van der Waals surface area (Å²) in [6, 6.07) is 8.53. The highest BCUT2D eigenvalue weighted by molar-refractivity contribution is 5.76. The van der Waals surface area contributed by atoms with Crippen LogP contribution >= 0.6 is 0 Å². The highest BCUT2D eigenvalue weighted by Gasteiger charge is 2.15. The number of anilines is 1. The van der Waals surface area contributed by atoms with Crippen LogP contribution in [0, 0.1) is 0 Å². The van der Waals surface area contributed by atoms with Crippen molar-refractivity contribution in [2.24, 2.45) is 7.05 Å². The first-order valence-electron chi connectivity index (χ1n) is 7.34. The molecular weight excluding hydrogens is 248 g/mol. The number of benzene rings is 1. The maximum absolute atomic E-state index is 6.12. The summed E-state index contributed by atoms with van der Waals surface area (Å²) in [5.41, 5.74) is 9.72. The predicted molar refractivity (Wildman–Crippen MR) is 82.2 cm³/mol. The lowest BCUT2D eigenvalue weighted by Gasteiger charge is -2.27. The maximum Gasteiger partial charge on any atom is 0.129 e. The van der Waals surface area contributed by atoms with Gasteiger partial charge in [0.2, 0.25) is 0 Å². The van der Waals surface area contributed by atoms with Gasteiger partial charge in [-0.05, 0) is 37.1 Å². The minimum absolute atomic E-state index is 0.732. The third-order valence-electron chi connectivity index (χ3n) is 4.13. The van der Waals surface area contributed by atoms with Crippen molar-refractivity contribution in [3.05, 3.63) is 36.0 Å². The molecule has 1 saturated heterocycles. The van der Waals surface area contributed by atoms with E-state index in [0.29, 0.717) is 0 Å². The van der Waals surface area contributed by atoms with E-state index in [9.17, 15) is 0 Å². The standard InChI is InChI=1S/C16H22N4/c1-19-16(17)15(11-18-19)14-8-4-3-7-13(14)12-20-9-5-2-6-10-20/h3-4,7-8,11H,2,5-6,9-10,12,17H2,1H3. The van der Waals surface area contributed by atoms with Gasteiger partial charge in [-0.15, -0.1) is 0 Å². The molecule has 0 aliphatic carbocycles. The normalized spacial score (nSPS) is 16.4. The van der Waals surface area contributed by atoms with E-state index in [4.69, 9.17) is 5.73 Å². The molecule has 20 heavy (non-hydrogen) atoms. The minimum atomic E-state index is 0.732. The number of nitrogen functional groups attached to an aromatic ring is 1. The van der Waals surface area contributed by atoms with E-state index in [2.05, 4.69) is 34.3 Å². The zero-order valence-electron chi connectivity index (χ0n) is 12.0. The second kappa shape index (κ2) is 5.67. The number of hydrogen-bond acceptors (Lipinski definition) is 3. The fraction of sp³-hybridized carbons (Fsp3) is 0.438. The number of rotatable bonds is 3. The Balaban J connectivity index is 1.90. The molecule has 2 N–H and O–H groups in total. The molecule has 1 fully saturated rings. The summed E-state index contributed by atoms with van der Waals surface area (Å²) in [5.74, 6) is 0.732. The van der Waals surface area contributed by atoms with Crippen molar-refractivity contribution in [2.75, 3.05) is 18.8 Å². The summed E-state index contributed by atoms with van der Waals surface area (Å²) in [6.45, 7) is 3.41. The van der Waals surface area contributed by atoms with Crippen LogP contribution in [0.1, 0.15) is 24.8 Å². The van der Waals surface area contributed by atoms with Crippen molar-refractivity contribution >= 4 is 5.82 Å². The van der Waals surface area contributed by atoms with Gasteiger partial charge in [-0.3, -0.25) is 9.58 Å². The van der Waals surface area contributed by atoms with E-state index < -0.39 is 0 Å². The lowest BCUT2D eigenvalue weighted by molar-refractivity contribution is 0.221. The number of piperidine rings is 1. The quantitative estimate of drug-likeness (QED) is 0.932. The number of aryl methyl sites for hydroxylation is 1. The molecule has 1 aliphatic rings. The van der Waals surface area contributed by atoms with Gasteiger partial charge in [-0.2, -0.15) is 5.10 Å². The number of nitrogens with zero attached hydrogens (tertiary/aromatic N) is 3. The van der Waals surface area contributed by atoms with E-state index in [1.54, 1.807) is 4.68 Å². The van der Waals surface area contributed by atoms with Gasteiger partial charge in [0, 0.05) is 19.2 Å². The van der Waals surface area contributed by atoms with Crippen molar-refractivity contribution in [1.82, 2.24) is 14.7 Å². The molecule has 0 radical (unpaired) electrons. The number of hydrogen-bond donors (Lipinski definition) is 1. The van der Waals surface area contributed by atoms with Crippen molar-refractivity contribution in [1.29, 1.82) is 0 Å². The second-order valence-electron chi connectivity index (χ2n) is 5.56. The van der Waals surface area contributed by atoms with E-state index in [1.165, 1.54) is 43.5 Å². The molecule has 1 aliphatic heterocycles. The van der Waals surface area contributed by atoms with Crippen LogP contribution in [0.5, 0.6) is 0 Å². The van der Waals surface area contributed by atoms with Crippen LogP contribution < -0.4 is 5.73 Å². The van der Waals surface area contributed by atoms with Gasteiger partial charge < -0.3 is 5.73 Å². The summed E-state index contributed by atoms with van der Waals surface area (Å²) < 4.78 is 1.73. The smallest absolute Gasteiger partial charge is 0.129 e. The van der Waals surface area contributed by atoms with Crippen LogP contribution in [0.25, 0.3) is 11.1 Å². The molecule has 0 unspecified atom stereocenters. The zero-order valence-corrected chi connectivity index (χ0v) is 12.0. The molecule has 0 saturated carbocycles. The Labute approximate surface area is 120 Å². The van der Waals surface area contributed by atoms with E-state index in [1.807, 2.05) is 13.2 Å². The Hall–Kier alpha value is -1.81. The predicted octanol–water partition coefficient (Wildman–Crippen LogP) is 2.66. The summed E-state index contributed by atoms with van der Waals surface area (Å²) in [4.78, 5) is 2.54.